The van der Waals surface area contributed by atoms with Crippen LogP contribution in [0.2, 0.25) is 0 Å². The molecule has 1 aliphatic rings. The minimum Gasteiger partial charge on any atom is -0.327 e. The number of aromatic nitrogens is 1. The van der Waals surface area contributed by atoms with Crippen LogP contribution in [0.5, 0.6) is 0 Å². The molecule has 0 aliphatic heterocycles. The van der Waals surface area contributed by atoms with E-state index in [0.717, 1.165) is 29.5 Å². The molecular formula is C15H24N2S. The normalized spacial score (nSPS) is 18.1. The van der Waals surface area contributed by atoms with Crippen molar-refractivity contribution in [3.05, 3.63) is 29.6 Å². The minimum atomic E-state index is 0.246. The fourth-order valence-corrected chi connectivity index (χ4v) is 3.73. The Hall–Kier alpha value is -0.540. The molecule has 0 aromatic carbocycles. The van der Waals surface area contributed by atoms with Gasteiger partial charge in [-0.2, -0.15) is 11.8 Å². The largest absolute Gasteiger partial charge is 0.327 e. The summed E-state index contributed by atoms with van der Waals surface area (Å²) in [6.07, 6.45) is 9.54. The van der Waals surface area contributed by atoms with E-state index in [0.29, 0.717) is 0 Å². The zero-order chi connectivity index (χ0) is 12.8. The van der Waals surface area contributed by atoms with Crippen molar-refractivity contribution in [3.63, 3.8) is 0 Å². The third-order valence-corrected chi connectivity index (χ3v) is 5.18. The molecule has 0 amide bonds. The molecule has 18 heavy (non-hydrogen) atoms. The van der Waals surface area contributed by atoms with Crippen molar-refractivity contribution < 1.29 is 0 Å². The van der Waals surface area contributed by atoms with Gasteiger partial charge in [-0.15, -0.1) is 0 Å². The zero-order valence-corrected chi connectivity index (χ0v) is 12.1. The lowest BCUT2D eigenvalue weighted by molar-refractivity contribution is 0.727. The van der Waals surface area contributed by atoms with Gasteiger partial charge in [0.05, 0.1) is 0 Å². The molecule has 1 saturated carbocycles. The SMILES string of the molecule is CCc1ccc(CC(N)CSC2CCCC2)nc1. The Labute approximate surface area is 115 Å². The summed E-state index contributed by atoms with van der Waals surface area (Å²) in [6.45, 7) is 2.15. The monoisotopic (exact) mass is 264 g/mol. The quantitative estimate of drug-likeness (QED) is 0.857. The Morgan fingerprint density at radius 2 is 2.17 bits per heavy atom. The molecule has 2 rings (SSSR count). The first kappa shape index (κ1) is 13.9. The van der Waals surface area contributed by atoms with Crippen LogP contribution in [0.3, 0.4) is 0 Å². The molecule has 2 nitrogen and oxygen atoms in total. The first-order valence-corrected chi connectivity index (χ1v) is 8.13. The van der Waals surface area contributed by atoms with Gasteiger partial charge in [-0.25, -0.2) is 0 Å². The third-order valence-electron chi connectivity index (χ3n) is 3.61. The van der Waals surface area contributed by atoms with Crippen molar-refractivity contribution in [1.82, 2.24) is 4.98 Å². The molecular weight excluding hydrogens is 240 g/mol. The summed E-state index contributed by atoms with van der Waals surface area (Å²) in [4.78, 5) is 4.48. The van der Waals surface area contributed by atoms with Crippen LogP contribution in [0.15, 0.2) is 18.3 Å². The lowest BCUT2D eigenvalue weighted by atomic mass is 10.1. The second kappa shape index (κ2) is 7.15. The highest BCUT2D eigenvalue weighted by atomic mass is 32.2. The highest BCUT2D eigenvalue weighted by Crippen LogP contribution is 2.29. The number of nitrogens with zero attached hydrogens (tertiary/aromatic N) is 1. The van der Waals surface area contributed by atoms with Crippen LogP contribution in [0.4, 0.5) is 0 Å². The van der Waals surface area contributed by atoms with Crippen molar-refractivity contribution >= 4 is 11.8 Å². The van der Waals surface area contributed by atoms with Gasteiger partial charge < -0.3 is 5.73 Å². The van der Waals surface area contributed by atoms with Gasteiger partial charge in [-0.1, -0.05) is 25.8 Å². The minimum absolute atomic E-state index is 0.246. The molecule has 3 heteroatoms. The number of thioether (sulfide) groups is 1. The first-order valence-electron chi connectivity index (χ1n) is 7.09. The fourth-order valence-electron chi connectivity index (χ4n) is 2.43. The van der Waals surface area contributed by atoms with E-state index in [2.05, 4.69) is 35.8 Å². The molecule has 1 unspecified atom stereocenters. The van der Waals surface area contributed by atoms with Gasteiger partial charge in [0.2, 0.25) is 0 Å². The molecule has 0 radical (unpaired) electrons. The van der Waals surface area contributed by atoms with Crippen molar-refractivity contribution in [1.29, 1.82) is 0 Å². The number of aryl methyl sites for hydroxylation is 1. The molecule has 1 aliphatic carbocycles. The van der Waals surface area contributed by atoms with E-state index < -0.39 is 0 Å². The van der Waals surface area contributed by atoms with Crippen molar-refractivity contribution in [2.75, 3.05) is 5.75 Å². The lowest BCUT2D eigenvalue weighted by Gasteiger charge is -2.14. The predicted molar refractivity (Wildman–Crippen MR) is 80.0 cm³/mol. The van der Waals surface area contributed by atoms with Gasteiger partial charge in [0.1, 0.15) is 0 Å². The van der Waals surface area contributed by atoms with E-state index in [9.17, 15) is 0 Å². The van der Waals surface area contributed by atoms with E-state index >= 15 is 0 Å². The standard InChI is InChI=1S/C15H24N2S/c1-2-12-7-8-14(17-10-12)9-13(16)11-18-15-5-3-4-6-15/h7-8,10,13,15H,2-6,9,11,16H2,1H3. The van der Waals surface area contributed by atoms with Gasteiger partial charge in [-0.05, 0) is 30.9 Å². The van der Waals surface area contributed by atoms with Crippen LogP contribution >= 0.6 is 11.8 Å². The van der Waals surface area contributed by atoms with E-state index in [1.807, 2.05) is 6.20 Å². The average molecular weight is 264 g/mol. The first-order chi connectivity index (χ1) is 8.78. The van der Waals surface area contributed by atoms with Crippen molar-refractivity contribution in [2.24, 2.45) is 5.73 Å². The number of hydrogen-bond acceptors (Lipinski definition) is 3. The van der Waals surface area contributed by atoms with Crippen molar-refractivity contribution in [3.8, 4) is 0 Å². The second-order valence-corrected chi connectivity index (χ2v) is 6.55. The highest BCUT2D eigenvalue weighted by molar-refractivity contribution is 7.99. The maximum Gasteiger partial charge on any atom is 0.0419 e. The summed E-state index contributed by atoms with van der Waals surface area (Å²) >= 11 is 2.07. The van der Waals surface area contributed by atoms with E-state index in [1.165, 1.54) is 31.2 Å². The number of nitrogens with two attached hydrogens (primary N) is 1. The molecule has 1 heterocycles. The van der Waals surface area contributed by atoms with Crippen LogP contribution < -0.4 is 5.73 Å². The fraction of sp³-hybridized carbons (Fsp3) is 0.667. The van der Waals surface area contributed by atoms with Gasteiger partial charge in [0.15, 0.2) is 0 Å². The summed E-state index contributed by atoms with van der Waals surface area (Å²) in [5, 5.41) is 0.867. The van der Waals surface area contributed by atoms with Gasteiger partial charge >= 0.3 is 0 Å². The Morgan fingerprint density at radius 1 is 1.39 bits per heavy atom. The summed E-state index contributed by atoms with van der Waals surface area (Å²) < 4.78 is 0. The van der Waals surface area contributed by atoms with Crippen LogP contribution in [0.25, 0.3) is 0 Å². The summed E-state index contributed by atoms with van der Waals surface area (Å²) in [5.74, 6) is 1.07. The smallest absolute Gasteiger partial charge is 0.0419 e. The van der Waals surface area contributed by atoms with Crippen LogP contribution in [-0.2, 0) is 12.8 Å². The van der Waals surface area contributed by atoms with E-state index in [-0.39, 0.29) is 6.04 Å². The zero-order valence-electron chi connectivity index (χ0n) is 11.3. The third kappa shape index (κ3) is 4.29. The van der Waals surface area contributed by atoms with Crippen LogP contribution in [-0.4, -0.2) is 22.0 Å². The van der Waals surface area contributed by atoms with E-state index in [1.54, 1.807) is 0 Å². The molecule has 100 valence electrons. The molecule has 1 aromatic rings. The predicted octanol–water partition coefficient (Wildman–Crippen LogP) is 3.19. The van der Waals surface area contributed by atoms with Crippen molar-refractivity contribution in [2.45, 2.75) is 56.7 Å². The molecule has 1 atom stereocenters. The van der Waals surface area contributed by atoms with Gasteiger partial charge in [0.25, 0.3) is 0 Å². The summed E-state index contributed by atoms with van der Waals surface area (Å²) in [7, 11) is 0. The Kier molecular flexibility index (Phi) is 5.51. The summed E-state index contributed by atoms with van der Waals surface area (Å²) in [5.41, 5.74) is 8.62. The van der Waals surface area contributed by atoms with Gasteiger partial charge in [-0.3, -0.25) is 4.98 Å². The molecule has 1 fully saturated rings. The molecule has 1 aromatic heterocycles. The Morgan fingerprint density at radius 3 is 2.78 bits per heavy atom. The Balaban J connectivity index is 1.73. The average Bonchev–Trinajstić information content (AvgIpc) is 2.90. The van der Waals surface area contributed by atoms with Crippen LogP contribution in [0.1, 0.15) is 43.9 Å². The highest BCUT2D eigenvalue weighted by Gasteiger charge is 2.16. The summed E-state index contributed by atoms with van der Waals surface area (Å²) in [6, 6.07) is 4.54. The lowest BCUT2D eigenvalue weighted by Crippen LogP contribution is -2.27. The Bertz CT molecular complexity index is 344. The number of rotatable bonds is 6. The number of hydrogen-bond donors (Lipinski definition) is 1. The van der Waals surface area contributed by atoms with Crippen LogP contribution in [0, 0.1) is 0 Å². The topological polar surface area (TPSA) is 38.9 Å². The van der Waals surface area contributed by atoms with E-state index in [4.69, 9.17) is 5.73 Å². The van der Waals surface area contributed by atoms with Gasteiger partial charge in [0, 0.05) is 35.4 Å². The second-order valence-electron chi connectivity index (χ2n) is 5.22. The number of pyridine rings is 1. The molecule has 0 bridgehead atoms. The maximum atomic E-state index is 6.19. The molecule has 0 saturated heterocycles. The molecule has 2 N–H and O–H groups in total. The maximum absolute atomic E-state index is 6.19. The molecule has 0 spiro atoms.